The van der Waals surface area contributed by atoms with Gasteiger partial charge in [0.2, 0.25) is 0 Å². The molecule has 0 atom stereocenters. The van der Waals surface area contributed by atoms with Crippen molar-refractivity contribution in [3.8, 4) is 10.9 Å². The summed E-state index contributed by atoms with van der Waals surface area (Å²) in [4.78, 5) is 14.7. The smallest absolute Gasteiger partial charge is 0.294 e. The normalized spacial score (nSPS) is 15.9. The molecule has 25 heavy (non-hydrogen) atoms. The number of piperidine rings is 1. The van der Waals surface area contributed by atoms with Gasteiger partial charge in [0.05, 0.1) is 0 Å². The molecule has 1 fully saturated rings. The van der Waals surface area contributed by atoms with Crippen LogP contribution in [0.2, 0.25) is 5.02 Å². The zero-order chi connectivity index (χ0) is 17.9. The summed E-state index contributed by atoms with van der Waals surface area (Å²) in [6.45, 7) is 4.84. The maximum Gasteiger partial charge on any atom is 0.294 e. The highest BCUT2D eigenvalue weighted by Gasteiger charge is 2.36. The summed E-state index contributed by atoms with van der Waals surface area (Å²) in [5, 5.41) is 8.87. The molecule has 6 nitrogen and oxygen atoms in total. The van der Waals surface area contributed by atoms with E-state index in [1.807, 2.05) is 4.90 Å². The molecule has 0 unspecified atom stereocenters. The van der Waals surface area contributed by atoms with E-state index in [1.54, 1.807) is 43.6 Å². The lowest BCUT2D eigenvalue weighted by Gasteiger charge is -2.36. The fourth-order valence-corrected chi connectivity index (χ4v) is 3.35. The average Bonchev–Trinajstić information content (AvgIpc) is 3.10. The Morgan fingerprint density at radius 2 is 1.96 bits per heavy atom. The molecular formula is C17H20ClN3O3S. The van der Waals surface area contributed by atoms with Crippen molar-refractivity contribution in [2.24, 2.45) is 0 Å². The van der Waals surface area contributed by atoms with E-state index >= 15 is 0 Å². The Bertz CT molecular complexity index is 698. The lowest BCUT2D eigenvalue weighted by molar-refractivity contribution is -0.147. The monoisotopic (exact) mass is 381 g/mol. The number of carbonyl (C=O) groups excluding carboxylic acids is 1. The van der Waals surface area contributed by atoms with Crippen molar-refractivity contribution < 1.29 is 14.3 Å². The molecular weight excluding hydrogens is 362 g/mol. The maximum atomic E-state index is 12.8. The topological polar surface area (TPSA) is 64.5 Å². The Hall–Kier alpha value is -1.86. The second kappa shape index (κ2) is 7.58. The highest BCUT2D eigenvalue weighted by Crippen LogP contribution is 2.25. The van der Waals surface area contributed by atoms with Crippen molar-refractivity contribution in [2.75, 3.05) is 13.1 Å². The quantitative estimate of drug-likeness (QED) is 0.794. The molecule has 1 aliphatic heterocycles. The zero-order valence-electron chi connectivity index (χ0n) is 14.1. The molecule has 2 heterocycles. The lowest BCUT2D eigenvalue weighted by atomic mass is 10.0. The number of carbonyl (C=O) groups is 1. The van der Waals surface area contributed by atoms with E-state index in [1.165, 1.54) is 11.3 Å². The number of hydrogen-bond acceptors (Lipinski definition) is 6. The fourth-order valence-electron chi connectivity index (χ4n) is 2.76. The van der Waals surface area contributed by atoms with E-state index in [0.29, 0.717) is 29.1 Å². The fraction of sp³-hybridized carbons (Fsp3) is 0.471. The van der Waals surface area contributed by atoms with Gasteiger partial charge in [0.1, 0.15) is 17.4 Å². The van der Waals surface area contributed by atoms with Crippen LogP contribution in [0.15, 0.2) is 29.8 Å². The number of aromatic nitrogens is 2. The van der Waals surface area contributed by atoms with Crippen LogP contribution >= 0.6 is 22.9 Å². The molecule has 1 aliphatic rings. The molecule has 1 saturated heterocycles. The lowest BCUT2D eigenvalue weighted by Crippen LogP contribution is -2.52. The number of halogens is 1. The number of benzene rings is 1. The van der Waals surface area contributed by atoms with E-state index in [4.69, 9.17) is 21.1 Å². The van der Waals surface area contributed by atoms with Gasteiger partial charge in [-0.1, -0.05) is 22.9 Å². The van der Waals surface area contributed by atoms with Crippen LogP contribution in [0.4, 0.5) is 0 Å². The molecule has 1 amide bonds. The van der Waals surface area contributed by atoms with Crippen molar-refractivity contribution >= 4 is 28.8 Å². The number of ether oxygens (including phenoxy) is 2. The van der Waals surface area contributed by atoms with Crippen LogP contribution < -0.4 is 9.47 Å². The summed E-state index contributed by atoms with van der Waals surface area (Å²) < 4.78 is 11.7. The maximum absolute atomic E-state index is 12.8. The van der Waals surface area contributed by atoms with Crippen molar-refractivity contribution in [1.82, 2.24) is 15.1 Å². The van der Waals surface area contributed by atoms with E-state index in [2.05, 4.69) is 10.2 Å². The molecule has 0 aliphatic carbocycles. The van der Waals surface area contributed by atoms with E-state index in [9.17, 15) is 4.79 Å². The Labute approximate surface area is 155 Å². The molecule has 134 valence electrons. The largest absolute Gasteiger partial charge is 0.478 e. The number of likely N-dealkylation sites (tertiary alicyclic amines) is 1. The van der Waals surface area contributed by atoms with Gasteiger partial charge in [0.25, 0.3) is 11.1 Å². The van der Waals surface area contributed by atoms with Crippen molar-refractivity contribution in [2.45, 2.75) is 38.4 Å². The van der Waals surface area contributed by atoms with Crippen molar-refractivity contribution in [1.29, 1.82) is 0 Å². The number of hydrogen-bond donors (Lipinski definition) is 0. The van der Waals surface area contributed by atoms with Gasteiger partial charge in [-0.15, -0.1) is 10.2 Å². The molecule has 0 saturated carbocycles. The minimum atomic E-state index is -0.944. The van der Waals surface area contributed by atoms with Gasteiger partial charge in [0, 0.05) is 31.0 Å². The van der Waals surface area contributed by atoms with Crippen LogP contribution in [0.3, 0.4) is 0 Å². The van der Waals surface area contributed by atoms with Gasteiger partial charge in [-0.2, -0.15) is 0 Å². The second-order valence-corrected chi connectivity index (χ2v) is 7.61. The minimum Gasteiger partial charge on any atom is -0.478 e. The standard InChI is InChI=1S/C17H20ClN3O3S/c1-17(2,24-14-5-3-12(18)4-6-14)15(22)21-9-7-13(8-10-21)23-16-20-19-11-25-16/h3-6,11,13H,7-10H2,1-2H3. The molecule has 2 aromatic rings. The van der Waals surface area contributed by atoms with Gasteiger partial charge in [0.15, 0.2) is 5.60 Å². The van der Waals surface area contributed by atoms with Crippen LogP contribution in [0.1, 0.15) is 26.7 Å². The van der Waals surface area contributed by atoms with Crippen LogP contribution in [0, 0.1) is 0 Å². The Kier molecular flexibility index (Phi) is 5.44. The van der Waals surface area contributed by atoms with Crippen molar-refractivity contribution in [3.63, 3.8) is 0 Å². The van der Waals surface area contributed by atoms with Crippen molar-refractivity contribution in [3.05, 3.63) is 34.8 Å². The third-order valence-electron chi connectivity index (χ3n) is 4.04. The van der Waals surface area contributed by atoms with Gasteiger partial charge < -0.3 is 14.4 Å². The minimum absolute atomic E-state index is 0.0307. The third-order valence-corrected chi connectivity index (χ3v) is 4.87. The predicted molar refractivity (Wildman–Crippen MR) is 96.3 cm³/mol. The molecule has 0 N–H and O–H groups in total. The zero-order valence-corrected chi connectivity index (χ0v) is 15.7. The highest BCUT2D eigenvalue weighted by atomic mass is 35.5. The van der Waals surface area contributed by atoms with Crippen LogP contribution in [0.5, 0.6) is 10.9 Å². The van der Waals surface area contributed by atoms with Crippen LogP contribution in [0.25, 0.3) is 0 Å². The van der Waals surface area contributed by atoms with Crippen LogP contribution in [-0.4, -0.2) is 45.8 Å². The summed E-state index contributed by atoms with van der Waals surface area (Å²) >= 11 is 7.26. The highest BCUT2D eigenvalue weighted by molar-refractivity contribution is 7.11. The number of amides is 1. The summed E-state index contributed by atoms with van der Waals surface area (Å²) in [5.74, 6) is 0.592. The number of rotatable bonds is 5. The summed E-state index contributed by atoms with van der Waals surface area (Å²) in [6, 6.07) is 7.01. The number of nitrogens with zero attached hydrogens (tertiary/aromatic N) is 3. The Morgan fingerprint density at radius 3 is 2.56 bits per heavy atom. The molecule has 0 bridgehead atoms. The average molecular weight is 382 g/mol. The third kappa shape index (κ3) is 4.61. The molecule has 8 heteroatoms. The Balaban J connectivity index is 1.54. The summed E-state index contributed by atoms with van der Waals surface area (Å²) in [5.41, 5.74) is 0.700. The Morgan fingerprint density at radius 1 is 1.28 bits per heavy atom. The first-order chi connectivity index (χ1) is 11.9. The van der Waals surface area contributed by atoms with E-state index < -0.39 is 5.60 Å². The molecule has 0 radical (unpaired) electrons. The predicted octanol–water partition coefficient (Wildman–Crippen LogP) is 3.42. The van der Waals surface area contributed by atoms with Gasteiger partial charge in [-0.05, 0) is 38.1 Å². The first-order valence-corrected chi connectivity index (χ1v) is 9.36. The molecule has 1 aromatic heterocycles. The first-order valence-electron chi connectivity index (χ1n) is 8.11. The SMILES string of the molecule is CC(C)(Oc1ccc(Cl)cc1)C(=O)N1CCC(Oc2nncs2)CC1. The van der Waals surface area contributed by atoms with Crippen LogP contribution in [-0.2, 0) is 4.79 Å². The second-order valence-electron chi connectivity index (χ2n) is 6.38. The van der Waals surface area contributed by atoms with Gasteiger partial charge in [-0.3, -0.25) is 4.79 Å². The van der Waals surface area contributed by atoms with E-state index in [0.717, 1.165) is 12.8 Å². The summed E-state index contributed by atoms with van der Waals surface area (Å²) in [7, 11) is 0. The first kappa shape index (κ1) is 17.9. The van der Waals surface area contributed by atoms with E-state index in [-0.39, 0.29) is 12.0 Å². The molecule has 3 rings (SSSR count). The molecule has 0 spiro atoms. The molecule has 1 aromatic carbocycles. The van der Waals surface area contributed by atoms with Gasteiger partial charge in [-0.25, -0.2) is 0 Å². The summed E-state index contributed by atoms with van der Waals surface area (Å²) in [6.07, 6.45) is 1.60. The van der Waals surface area contributed by atoms with Gasteiger partial charge >= 0.3 is 0 Å².